The molecule has 2 aromatic carbocycles. The van der Waals surface area contributed by atoms with Crippen molar-refractivity contribution in [3.8, 4) is 0 Å². The fourth-order valence-corrected chi connectivity index (χ4v) is 2.84. The van der Waals surface area contributed by atoms with Gasteiger partial charge in [0.1, 0.15) is 0 Å². The van der Waals surface area contributed by atoms with Crippen molar-refractivity contribution < 1.29 is 0 Å². The van der Waals surface area contributed by atoms with Crippen LogP contribution in [-0.2, 0) is 6.42 Å². The summed E-state index contributed by atoms with van der Waals surface area (Å²) in [4.78, 5) is 2.59. The van der Waals surface area contributed by atoms with Crippen LogP contribution in [0.1, 0.15) is 24.8 Å². The maximum absolute atomic E-state index is 5.50. The largest absolute Gasteiger partial charge is 0.330 e. The van der Waals surface area contributed by atoms with E-state index in [1.165, 1.54) is 28.2 Å². The molecule has 2 N–H and O–H groups in total. The molecule has 0 saturated carbocycles. The minimum Gasteiger partial charge on any atom is -0.330 e. The van der Waals surface area contributed by atoms with Crippen LogP contribution < -0.4 is 5.73 Å². The van der Waals surface area contributed by atoms with E-state index in [1.54, 1.807) is 0 Å². The van der Waals surface area contributed by atoms with Gasteiger partial charge in [-0.2, -0.15) is 0 Å². The summed E-state index contributed by atoms with van der Waals surface area (Å²) in [6, 6.07) is 19.4. The second kappa shape index (κ2) is 8.03. The summed E-state index contributed by atoms with van der Waals surface area (Å²) in [6.45, 7) is 0.812. The van der Waals surface area contributed by atoms with E-state index in [-0.39, 0.29) is 0 Å². The maximum atomic E-state index is 5.50. The highest BCUT2D eigenvalue weighted by Crippen LogP contribution is 2.27. The highest BCUT2D eigenvalue weighted by Gasteiger charge is 1.98. The molecule has 0 radical (unpaired) electrons. The van der Waals surface area contributed by atoms with Gasteiger partial charge in [-0.25, -0.2) is 0 Å². The first kappa shape index (κ1) is 14.2. The average molecular weight is 271 g/mol. The molecule has 0 aliphatic carbocycles. The summed E-state index contributed by atoms with van der Waals surface area (Å²) in [6.07, 6.45) is 4.78. The van der Waals surface area contributed by atoms with Crippen LogP contribution in [0.2, 0.25) is 0 Å². The van der Waals surface area contributed by atoms with Crippen molar-refractivity contribution in [1.82, 2.24) is 0 Å². The van der Waals surface area contributed by atoms with Crippen molar-refractivity contribution >= 4 is 11.8 Å². The van der Waals surface area contributed by atoms with Crippen LogP contribution in [0.25, 0.3) is 0 Å². The first-order valence-corrected chi connectivity index (χ1v) is 7.72. The Bertz CT molecular complexity index is 464. The predicted molar refractivity (Wildman–Crippen MR) is 83.6 cm³/mol. The molecule has 2 aromatic rings. The molecule has 0 saturated heterocycles. The zero-order valence-corrected chi connectivity index (χ0v) is 12.0. The Morgan fingerprint density at radius 3 is 2.11 bits per heavy atom. The number of unbranched alkanes of at least 4 members (excludes halogenated alkanes) is 2. The van der Waals surface area contributed by atoms with Gasteiger partial charge in [-0.15, -0.1) is 0 Å². The molecule has 0 spiro atoms. The Morgan fingerprint density at radius 1 is 0.737 bits per heavy atom. The molecule has 2 heteroatoms. The second-order valence-corrected chi connectivity index (χ2v) is 5.81. The summed E-state index contributed by atoms with van der Waals surface area (Å²) in [7, 11) is 0. The number of hydrogen-bond acceptors (Lipinski definition) is 2. The zero-order chi connectivity index (χ0) is 13.3. The number of aryl methyl sites for hydroxylation is 1. The minimum absolute atomic E-state index is 0.812. The van der Waals surface area contributed by atoms with Gasteiger partial charge in [-0.3, -0.25) is 0 Å². The first-order valence-electron chi connectivity index (χ1n) is 6.90. The third-order valence-corrected chi connectivity index (χ3v) is 4.09. The van der Waals surface area contributed by atoms with E-state index in [1.807, 2.05) is 11.8 Å². The van der Waals surface area contributed by atoms with E-state index in [0.717, 1.165) is 19.4 Å². The standard InChI is InChI=1S/C17H21NS/c18-14-6-2-3-7-15-10-12-17(13-11-15)19-16-8-4-1-5-9-16/h1,4-5,8-13H,2-3,6-7,14,18H2. The van der Waals surface area contributed by atoms with Gasteiger partial charge in [0.25, 0.3) is 0 Å². The third kappa shape index (κ3) is 5.09. The van der Waals surface area contributed by atoms with Gasteiger partial charge in [0.2, 0.25) is 0 Å². The molecule has 2 rings (SSSR count). The van der Waals surface area contributed by atoms with Gasteiger partial charge >= 0.3 is 0 Å². The summed E-state index contributed by atoms with van der Waals surface area (Å²) >= 11 is 1.81. The fourth-order valence-electron chi connectivity index (χ4n) is 2.00. The van der Waals surface area contributed by atoms with E-state index >= 15 is 0 Å². The highest BCUT2D eigenvalue weighted by molar-refractivity contribution is 7.99. The molecular formula is C17H21NS. The average Bonchev–Trinajstić information content (AvgIpc) is 2.46. The molecule has 0 amide bonds. The molecule has 0 unspecified atom stereocenters. The molecule has 0 aliphatic heterocycles. The summed E-state index contributed by atoms with van der Waals surface area (Å²) in [5.41, 5.74) is 6.92. The lowest BCUT2D eigenvalue weighted by molar-refractivity contribution is 0.686. The lowest BCUT2D eigenvalue weighted by Gasteiger charge is -2.04. The van der Waals surface area contributed by atoms with Crippen molar-refractivity contribution in [3.63, 3.8) is 0 Å². The van der Waals surface area contributed by atoms with Crippen LogP contribution in [0.4, 0.5) is 0 Å². The molecule has 0 bridgehead atoms. The molecule has 0 heterocycles. The van der Waals surface area contributed by atoms with Crippen molar-refractivity contribution in [2.24, 2.45) is 5.73 Å². The molecule has 1 nitrogen and oxygen atoms in total. The third-order valence-electron chi connectivity index (χ3n) is 3.07. The summed E-state index contributed by atoms with van der Waals surface area (Å²) in [5.74, 6) is 0. The molecule has 19 heavy (non-hydrogen) atoms. The minimum atomic E-state index is 0.812. The topological polar surface area (TPSA) is 26.0 Å². The van der Waals surface area contributed by atoms with Gasteiger partial charge in [-0.1, -0.05) is 48.5 Å². The van der Waals surface area contributed by atoms with Crippen LogP contribution >= 0.6 is 11.8 Å². The van der Waals surface area contributed by atoms with E-state index in [4.69, 9.17) is 5.73 Å². The predicted octanol–water partition coefficient (Wildman–Crippen LogP) is 4.51. The van der Waals surface area contributed by atoms with Crippen LogP contribution in [0.5, 0.6) is 0 Å². The highest BCUT2D eigenvalue weighted by atomic mass is 32.2. The molecule has 0 aliphatic rings. The lowest BCUT2D eigenvalue weighted by Crippen LogP contribution is -1.98. The fraction of sp³-hybridized carbons (Fsp3) is 0.294. The van der Waals surface area contributed by atoms with E-state index < -0.39 is 0 Å². The zero-order valence-electron chi connectivity index (χ0n) is 11.2. The molecule has 0 fully saturated rings. The number of hydrogen-bond donors (Lipinski definition) is 1. The Balaban J connectivity index is 1.84. The number of nitrogens with two attached hydrogens (primary N) is 1. The van der Waals surface area contributed by atoms with Crippen molar-refractivity contribution in [2.45, 2.75) is 35.5 Å². The Hall–Kier alpha value is -1.25. The Kier molecular flexibility index (Phi) is 5.99. The summed E-state index contributed by atoms with van der Waals surface area (Å²) in [5, 5.41) is 0. The van der Waals surface area contributed by atoms with Crippen molar-refractivity contribution in [2.75, 3.05) is 6.54 Å². The van der Waals surface area contributed by atoms with Crippen LogP contribution in [-0.4, -0.2) is 6.54 Å². The lowest BCUT2D eigenvalue weighted by atomic mass is 10.1. The van der Waals surface area contributed by atoms with E-state index in [9.17, 15) is 0 Å². The van der Waals surface area contributed by atoms with Crippen LogP contribution in [0.15, 0.2) is 64.4 Å². The quantitative estimate of drug-likeness (QED) is 0.750. The van der Waals surface area contributed by atoms with Crippen LogP contribution in [0, 0.1) is 0 Å². The molecule has 100 valence electrons. The van der Waals surface area contributed by atoms with Crippen molar-refractivity contribution in [1.29, 1.82) is 0 Å². The van der Waals surface area contributed by atoms with Gasteiger partial charge in [0, 0.05) is 9.79 Å². The number of rotatable bonds is 7. The van der Waals surface area contributed by atoms with Gasteiger partial charge < -0.3 is 5.73 Å². The Labute approximate surface area is 120 Å². The number of benzene rings is 2. The SMILES string of the molecule is NCCCCCc1ccc(Sc2ccccc2)cc1. The molecule has 0 atom stereocenters. The Morgan fingerprint density at radius 2 is 1.42 bits per heavy atom. The van der Waals surface area contributed by atoms with E-state index in [0.29, 0.717) is 0 Å². The first-order chi connectivity index (χ1) is 9.38. The second-order valence-electron chi connectivity index (χ2n) is 4.66. The molecule has 0 aromatic heterocycles. The van der Waals surface area contributed by atoms with Gasteiger partial charge in [0.15, 0.2) is 0 Å². The van der Waals surface area contributed by atoms with Gasteiger partial charge in [0.05, 0.1) is 0 Å². The van der Waals surface area contributed by atoms with Crippen LogP contribution in [0.3, 0.4) is 0 Å². The summed E-state index contributed by atoms with van der Waals surface area (Å²) < 4.78 is 0. The van der Waals surface area contributed by atoms with E-state index in [2.05, 4.69) is 54.6 Å². The van der Waals surface area contributed by atoms with Gasteiger partial charge in [-0.05, 0) is 55.6 Å². The smallest absolute Gasteiger partial charge is 0.0122 e. The van der Waals surface area contributed by atoms with Crippen molar-refractivity contribution in [3.05, 3.63) is 60.2 Å². The monoisotopic (exact) mass is 271 g/mol. The molecular weight excluding hydrogens is 250 g/mol. The maximum Gasteiger partial charge on any atom is 0.0122 e. The normalized spacial score (nSPS) is 10.6.